The summed E-state index contributed by atoms with van der Waals surface area (Å²) in [5, 5.41) is 0. The van der Waals surface area contributed by atoms with Gasteiger partial charge in [-0.2, -0.15) is 0 Å². The molecule has 0 aliphatic carbocycles. The van der Waals surface area contributed by atoms with E-state index in [1.54, 1.807) is 0 Å². The number of hydrogen-bond acceptors (Lipinski definition) is 2. The van der Waals surface area contributed by atoms with Gasteiger partial charge in [-0.05, 0) is 77.0 Å². The number of rotatable bonds is 33. The van der Waals surface area contributed by atoms with E-state index in [2.05, 4.69) is 59.3 Å². The topological polar surface area (TPSA) is 26.3 Å². The van der Waals surface area contributed by atoms with Crippen LogP contribution in [0.1, 0.15) is 194 Å². The predicted octanol–water partition coefficient (Wildman–Crippen LogP) is 12.7. The molecule has 0 unspecified atom stereocenters. The molecule has 0 N–H and O–H groups in total. The molecular formula is C40H78NO2+. The van der Waals surface area contributed by atoms with Crippen LogP contribution in [0.15, 0.2) is 24.3 Å². The van der Waals surface area contributed by atoms with Crippen molar-refractivity contribution >= 4 is 5.97 Å². The van der Waals surface area contributed by atoms with Gasteiger partial charge in [0.15, 0.2) is 0 Å². The maximum absolute atomic E-state index is 12.6. The lowest BCUT2D eigenvalue weighted by molar-refractivity contribution is -0.870. The summed E-state index contributed by atoms with van der Waals surface area (Å²) in [5.41, 5.74) is 0. The molecule has 0 fully saturated rings. The van der Waals surface area contributed by atoms with E-state index in [4.69, 9.17) is 4.74 Å². The van der Waals surface area contributed by atoms with Gasteiger partial charge in [-0.25, -0.2) is 0 Å². The zero-order chi connectivity index (χ0) is 31.7. The lowest BCUT2D eigenvalue weighted by Gasteiger charge is -2.24. The Morgan fingerprint density at radius 1 is 0.512 bits per heavy atom. The fraction of sp³-hybridized carbons (Fsp3) is 0.875. The van der Waals surface area contributed by atoms with Crippen molar-refractivity contribution in [2.45, 2.75) is 200 Å². The Morgan fingerprint density at radius 2 is 0.860 bits per heavy atom. The van der Waals surface area contributed by atoms with Gasteiger partial charge < -0.3 is 9.22 Å². The van der Waals surface area contributed by atoms with Gasteiger partial charge in [0.1, 0.15) is 6.10 Å². The van der Waals surface area contributed by atoms with Gasteiger partial charge in [0.25, 0.3) is 0 Å². The standard InChI is InChI=1S/C40H78NO2/c1-6-8-10-12-14-16-18-20-22-24-26-28-30-32-35-39(43-40(42)37-34-38-41(3,4)5)36-33-31-29-27-25-23-21-19-17-15-13-11-9-7-2/h16-19,39H,6-15,20-38H2,1-5H3/q+1/b18-16-,19-17-. The Labute approximate surface area is 271 Å². The maximum Gasteiger partial charge on any atom is 0.306 e. The molecular weight excluding hydrogens is 526 g/mol. The number of ether oxygens (including phenoxy) is 1. The maximum atomic E-state index is 12.6. The molecule has 0 aromatic carbocycles. The molecule has 0 aromatic heterocycles. The minimum Gasteiger partial charge on any atom is -0.462 e. The number of carbonyl (C=O) groups is 1. The number of esters is 1. The molecule has 254 valence electrons. The van der Waals surface area contributed by atoms with E-state index < -0.39 is 0 Å². The summed E-state index contributed by atoms with van der Waals surface area (Å²) in [7, 11) is 6.56. The third-order valence-electron chi connectivity index (χ3n) is 8.58. The molecule has 0 aliphatic heterocycles. The summed E-state index contributed by atoms with van der Waals surface area (Å²) in [6.07, 6.45) is 44.8. The first kappa shape index (κ1) is 41.9. The number of nitrogens with zero attached hydrogens (tertiary/aromatic N) is 1. The second-order valence-electron chi connectivity index (χ2n) is 14.3. The molecule has 0 amide bonds. The molecule has 0 atom stereocenters. The van der Waals surface area contributed by atoms with Crippen LogP contribution in [-0.2, 0) is 9.53 Å². The normalized spacial score (nSPS) is 12.3. The monoisotopic (exact) mass is 605 g/mol. The van der Waals surface area contributed by atoms with Crippen LogP contribution in [0.3, 0.4) is 0 Å². The van der Waals surface area contributed by atoms with E-state index in [1.807, 2.05) is 0 Å². The van der Waals surface area contributed by atoms with Crippen molar-refractivity contribution in [3.63, 3.8) is 0 Å². The number of carbonyl (C=O) groups excluding carboxylic acids is 1. The lowest BCUT2D eigenvalue weighted by atomic mass is 10.0. The zero-order valence-electron chi connectivity index (χ0n) is 30.2. The van der Waals surface area contributed by atoms with Gasteiger partial charge in [0.05, 0.1) is 34.1 Å². The molecule has 3 nitrogen and oxygen atoms in total. The highest BCUT2D eigenvalue weighted by molar-refractivity contribution is 5.69. The van der Waals surface area contributed by atoms with Crippen molar-refractivity contribution in [1.29, 1.82) is 0 Å². The lowest BCUT2D eigenvalue weighted by Crippen LogP contribution is -2.35. The van der Waals surface area contributed by atoms with E-state index in [-0.39, 0.29) is 12.1 Å². The first-order chi connectivity index (χ1) is 20.9. The highest BCUT2D eigenvalue weighted by atomic mass is 16.5. The molecule has 3 heteroatoms. The van der Waals surface area contributed by atoms with Crippen LogP contribution in [0, 0.1) is 0 Å². The summed E-state index contributed by atoms with van der Waals surface area (Å²) in [6.45, 7) is 5.57. The minimum atomic E-state index is 0.0234. The van der Waals surface area contributed by atoms with Crippen LogP contribution >= 0.6 is 0 Å². The first-order valence-corrected chi connectivity index (χ1v) is 19.2. The van der Waals surface area contributed by atoms with Gasteiger partial charge >= 0.3 is 5.97 Å². The van der Waals surface area contributed by atoms with Crippen molar-refractivity contribution in [2.75, 3.05) is 27.7 Å². The first-order valence-electron chi connectivity index (χ1n) is 19.2. The highest BCUT2D eigenvalue weighted by Gasteiger charge is 2.16. The van der Waals surface area contributed by atoms with Crippen molar-refractivity contribution in [3.05, 3.63) is 24.3 Å². The van der Waals surface area contributed by atoms with Crippen molar-refractivity contribution in [1.82, 2.24) is 0 Å². The Balaban J connectivity index is 4.06. The summed E-state index contributed by atoms with van der Waals surface area (Å²) in [6, 6.07) is 0. The molecule has 0 saturated carbocycles. The summed E-state index contributed by atoms with van der Waals surface area (Å²) < 4.78 is 6.94. The second kappa shape index (κ2) is 32.3. The van der Waals surface area contributed by atoms with E-state index >= 15 is 0 Å². The van der Waals surface area contributed by atoms with Crippen molar-refractivity contribution < 1.29 is 14.0 Å². The number of allylic oxidation sites excluding steroid dienone is 4. The zero-order valence-corrected chi connectivity index (χ0v) is 30.2. The van der Waals surface area contributed by atoms with Crippen molar-refractivity contribution in [3.8, 4) is 0 Å². The number of quaternary nitrogens is 1. The third kappa shape index (κ3) is 35.3. The molecule has 0 aromatic rings. The van der Waals surface area contributed by atoms with E-state index in [0.29, 0.717) is 6.42 Å². The molecule has 0 bridgehead atoms. The smallest absolute Gasteiger partial charge is 0.306 e. The fourth-order valence-electron chi connectivity index (χ4n) is 5.74. The van der Waals surface area contributed by atoms with Gasteiger partial charge in [-0.1, -0.05) is 128 Å². The highest BCUT2D eigenvalue weighted by Crippen LogP contribution is 2.18. The third-order valence-corrected chi connectivity index (χ3v) is 8.58. The Hall–Kier alpha value is -1.09. The van der Waals surface area contributed by atoms with Crippen LogP contribution in [0.4, 0.5) is 0 Å². The minimum absolute atomic E-state index is 0.0234. The van der Waals surface area contributed by atoms with Crippen LogP contribution in [-0.4, -0.2) is 44.2 Å². The average molecular weight is 605 g/mol. The Kier molecular flexibility index (Phi) is 31.5. The average Bonchev–Trinajstić information content (AvgIpc) is 2.96. The van der Waals surface area contributed by atoms with Gasteiger partial charge in [-0.3, -0.25) is 4.79 Å². The van der Waals surface area contributed by atoms with Gasteiger partial charge in [0.2, 0.25) is 0 Å². The summed E-state index contributed by atoms with van der Waals surface area (Å²) in [4.78, 5) is 12.6. The molecule has 0 saturated heterocycles. The van der Waals surface area contributed by atoms with E-state index in [1.165, 1.54) is 154 Å². The largest absolute Gasteiger partial charge is 0.462 e. The molecule has 0 rings (SSSR count). The molecule has 0 spiro atoms. The van der Waals surface area contributed by atoms with Crippen LogP contribution in [0.2, 0.25) is 0 Å². The fourth-order valence-corrected chi connectivity index (χ4v) is 5.74. The number of unbranched alkanes of at least 4 members (excludes halogenated alkanes) is 20. The number of hydrogen-bond donors (Lipinski definition) is 0. The Morgan fingerprint density at radius 3 is 1.23 bits per heavy atom. The summed E-state index contributed by atoms with van der Waals surface area (Å²) >= 11 is 0. The molecule has 0 heterocycles. The van der Waals surface area contributed by atoms with Crippen LogP contribution in [0.5, 0.6) is 0 Å². The quantitative estimate of drug-likeness (QED) is 0.0322. The summed E-state index contributed by atoms with van der Waals surface area (Å²) in [5.74, 6) is 0.0234. The molecule has 0 radical (unpaired) electrons. The SMILES string of the molecule is CCCCCC/C=C\CCCCCCCCC(CCCCCCCC/C=C\CCCCCC)OC(=O)CCC[N+](C)(C)C. The van der Waals surface area contributed by atoms with Crippen LogP contribution < -0.4 is 0 Å². The van der Waals surface area contributed by atoms with Gasteiger partial charge in [-0.15, -0.1) is 0 Å². The predicted molar refractivity (Wildman–Crippen MR) is 192 cm³/mol. The van der Waals surface area contributed by atoms with Gasteiger partial charge in [0, 0.05) is 6.42 Å². The van der Waals surface area contributed by atoms with Crippen molar-refractivity contribution in [2.24, 2.45) is 0 Å². The molecule has 0 aliphatic rings. The van der Waals surface area contributed by atoms with E-state index in [9.17, 15) is 4.79 Å². The van der Waals surface area contributed by atoms with E-state index in [0.717, 1.165) is 30.3 Å². The Bertz CT molecular complexity index is 595. The van der Waals surface area contributed by atoms with Crippen LogP contribution in [0.25, 0.3) is 0 Å². The molecule has 43 heavy (non-hydrogen) atoms. The second-order valence-corrected chi connectivity index (χ2v) is 14.3.